The van der Waals surface area contributed by atoms with Gasteiger partial charge in [-0.15, -0.1) is 0 Å². The Bertz CT molecular complexity index is 831. The lowest BCUT2D eigenvalue weighted by atomic mass is 10.0. The van der Waals surface area contributed by atoms with Crippen LogP contribution in [0.5, 0.6) is 11.5 Å². The van der Waals surface area contributed by atoms with Crippen molar-refractivity contribution in [1.82, 2.24) is 5.32 Å². The third kappa shape index (κ3) is 6.01. The number of carbonyl (C=O) groups is 2. The maximum atomic E-state index is 12.6. The van der Waals surface area contributed by atoms with Crippen LogP contribution in [0.3, 0.4) is 0 Å². The van der Waals surface area contributed by atoms with Crippen LogP contribution >= 0.6 is 0 Å². The molecule has 0 heterocycles. The molecule has 0 aliphatic rings. The Morgan fingerprint density at radius 2 is 1.75 bits per heavy atom. The largest absolute Gasteiger partial charge is 0.493 e. The van der Waals surface area contributed by atoms with E-state index in [1.807, 2.05) is 38.1 Å². The number of hydrogen-bond donors (Lipinski definition) is 2. The number of rotatable bonds is 8. The van der Waals surface area contributed by atoms with Crippen LogP contribution in [-0.2, 0) is 4.79 Å². The Balaban J connectivity index is 2.08. The van der Waals surface area contributed by atoms with E-state index in [2.05, 4.69) is 24.5 Å². The summed E-state index contributed by atoms with van der Waals surface area (Å²) in [5, 5.41) is 5.65. The van der Waals surface area contributed by atoms with Crippen molar-refractivity contribution < 1.29 is 19.1 Å². The minimum absolute atomic E-state index is 0.0401. The third-order valence-corrected chi connectivity index (χ3v) is 4.05. The standard InChI is InChI=1S/C22H28N2O4/c1-14(2)16-7-6-8-18(11-16)24-22(26)17-9-10-19(20(12-17)27-5)28-13-21(25)23-15(3)4/h6-12,14-15H,13H2,1-5H3,(H,23,25)(H,24,26). The second kappa shape index (κ2) is 9.78. The molecule has 0 radical (unpaired) electrons. The van der Waals surface area contributed by atoms with E-state index < -0.39 is 0 Å². The summed E-state index contributed by atoms with van der Waals surface area (Å²) in [6.45, 7) is 7.84. The van der Waals surface area contributed by atoms with E-state index in [1.165, 1.54) is 7.11 Å². The fourth-order valence-corrected chi connectivity index (χ4v) is 2.61. The van der Waals surface area contributed by atoms with Gasteiger partial charge in [0.15, 0.2) is 18.1 Å². The SMILES string of the molecule is COc1cc(C(=O)Nc2cccc(C(C)C)c2)ccc1OCC(=O)NC(C)C. The van der Waals surface area contributed by atoms with E-state index in [0.717, 1.165) is 11.3 Å². The first-order valence-electron chi connectivity index (χ1n) is 9.31. The zero-order valence-corrected chi connectivity index (χ0v) is 17.0. The van der Waals surface area contributed by atoms with Gasteiger partial charge >= 0.3 is 0 Å². The van der Waals surface area contributed by atoms with Gasteiger partial charge in [0.1, 0.15) is 0 Å². The topological polar surface area (TPSA) is 76.7 Å². The average Bonchev–Trinajstić information content (AvgIpc) is 2.65. The van der Waals surface area contributed by atoms with E-state index in [1.54, 1.807) is 18.2 Å². The minimum Gasteiger partial charge on any atom is -0.493 e. The summed E-state index contributed by atoms with van der Waals surface area (Å²) in [4.78, 5) is 24.3. The summed E-state index contributed by atoms with van der Waals surface area (Å²) in [6.07, 6.45) is 0. The molecule has 0 saturated heterocycles. The summed E-state index contributed by atoms with van der Waals surface area (Å²) in [5.41, 5.74) is 2.32. The highest BCUT2D eigenvalue weighted by atomic mass is 16.5. The van der Waals surface area contributed by atoms with Crippen LogP contribution in [0.25, 0.3) is 0 Å². The number of carbonyl (C=O) groups excluding carboxylic acids is 2. The predicted octanol–water partition coefficient (Wildman–Crippen LogP) is 3.97. The van der Waals surface area contributed by atoms with Crippen LogP contribution in [0, 0.1) is 0 Å². The Kier molecular flexibility index (Phi) is 7.44. The quantitative estimate of drug-likeness (QED) is 0.722. The molecular weight excluding hydrogens is 356 g/mol. The molecule has 6 nitrogen and oxygen atoms in total. The Morgan fingerprint density at radius 1 is 1.00 bits per heavy atom. The highest BCUT2D eigenvalue weighted by Crippen LogP contribution is 2.28. The van der Waals surface area contributed by atoms with Crippen molar-refractivity contribution in [2.45, 2.75) is 39.7 Å². The molecular formula is C22H28N2O4. The van der Waals surface area contributed by atoms with E-state index in [9.17, 15) is 9.59 Å². The molecule has 6 heteroatoms. The summed E-state index contributed by atoms with van der Waals surface area (Å²) in [5.74, 6) is 0.703. The number of benzene rings is 2. The molecule has 2 aromatic carbocycles. The Morgan fingerprint density at radius 3 is 2.39 bits per heavy atom. The maximum absolute atomic E-state index is 12.6. The van der Waals surface area contributed by atoms with Gasteiger partial charge in [-0.05, 0) is 55.7 Å². The van der Waals surface area contributed by atoms with Crippen LogP contribution in [0.15, 0.2) is 42.5 Å². The van der Waals surface area contributed by atoms with Crippen LogP contribution in [0.4, 0.5) is 5.69 Å². The minimum atomic E-state index is -0.247. The average molecular weight is 384 g/mol. The molecule has 150 valence electrons. The molecule has 28 heavy (non-hydrogen) atoms. The smallest absolute Gasteiger partial charge is 0.258 e. The molecule has 0 atom stereocenters. The number of anilines is 1. The van der Waals surface area contributed by atoms with Gasteiger partial charge in [-0.3, -0.25) is 9.59 Å². The first-order chi connectivity index (χ1) is 13.3. The van der Waals surface area contributed by atoms with Gasteiger partial charge in [0.25, 0.3) is 11.8 Å². The lowest BCUT2D eigenvalue weighted by Gasteiger charge is -2.14. The number of methoxy groups -OCH3 is 1. The zero-order valence-electron chi connectivity index (χ0n) is 17.0. The fourth-order valence-electron chi connectivity index (χ4n) is 2.61. The van der Waals surface area contributed by atoms with Crippen LogP contribution < -0.4 is 20.1 Å². The van der Waals surface area contributed by atoms with Crippen LogP contribution in [0.2, 0.25) is 0 Å². The molecule has 0 spiro atoms. The summed E-state index contributed by atoms with van der Waals surface area (Å²) < 4.78 is 10.8. The molecule has 0 saturated carbocycles. The lowest BCUT2D eigenvalue weighted by Crippen LogP contribution is -2.34. The molecule has 2 N–H and O–H groups in total. The van der Waals surface area contributed by atoms with Gasteiger partial charge in [0.05, 0.1) is 7.11 Å². The molecule has 2 amide bonds. The maximum Gasteiger partial charge on any atom is 0.258 e. The number of nitrogens with one attached hydrogen (secondary N) is 2. The first kappa shape index (κ1) is 21.3. The summed E-state index contributed by atoms with van der Waals surface area (Å²) in [7, 11) is 1.49. The highest BCUT2D eigenvalue weighted by Gasteiger charge is 2.13. The second-order valence-corrected chi connectivity index (χ2v) is 7.11. The van der Waals surface area contributed by atoms with Crippen LogP contribution in [-0.4, -0.2) is 31.6 Å². The molecule has 0 unspecified atom stereocenters. The second-order valence-electron chi connectivity index (χ2n) is 7.11. The van der Waals surface area contributed by atoms with E-state index in [4.69, 9.17) is 9.47 Å². The van der Waals surface area contributed by atoms with Crippen molar-refractivity contribution >= 4 is 17.5 Å². The Labute approximate surface area is 166 Å². The van der Waals surface area contributed by atoms with Crippen molar-refractivity contribution in [3.63, 3.8) is 0 Å². The number of ether oxygens (including phenoxy) is 2. The van der Waals surface area contributed by atoms with Gasteiger partial charge in [-0.1, -0.05) is 26.0 Å². The molecule has 0 fully saturated rings. The van der Waals surface area contributed by atoms with Crippen molar-refractivity contribution in [2.24, 2.45) is 0 Å². The first-order valence-corrected chi connectivity index (χ1v) is 9.31. The highest BCUT2D eigenvalue weighted by molar-refractivity contribution is 6.04. The molecule has 0 aliphatic heterocycles. The zero-order chi connectivity index (χ0) is 20.7. The van der Waals surface area contributed by atoms with E-state index >= 15 is 0 Å². The monoisotopic (exact) mass is 384 g/mol. The normalized spacial score (nSPS) is 10.7. The van der Waals surface area contributed by atoms with Gasteiger partial charge in [-0.2, -0.15) is 0 Å². The number of hydrogen-bond acceptors (Lipinski definition) is 4. The summed E-state index contributed by atoms with van der Waals surface area (Å²) >= 11 is 0. The van der Waals surface area contributed by atoms with E-state index in [-0.39, 0.29) is 24.5 Å². The van der Waals surface area contributed by atoms with Crippen molar-refractivity contribution in [2.75, 3.05) is 19.0 Å². The molecule has 2 rings (SSSR count). The van der Waals surface area contributed by atoms with Gasteiger partial charge in [0, 0.05) is 17.3 Å². The van der Waals surface area contributed by atoms with Crippen molar-refractivity contribution in [3.8, 4) is 11.5 Å². The van der Waals surface area contributed by atoms with Gasteiger partial charge < -0.3 is 20.1 Å². The van der Waals surface area contributed by atoms with Gasteiger partial charge in [-0.25, -0.2) is 0 Å². The van der Waals surface area contributed by atoms with Crippen molar-refractivity contribution in [1.29, 1.82) is 0 Å². The number of amides is 2. The van der Waals surface area contributed by atoms with Crippen molar-refractivity contribution in [3.05, 3.63) is 53.6 Å². The van der Waals surface area contributed by atoms with Crippen LogP contribution in [0.1, 0.15) is 49.5 Å². The molecule has 2 aromatic rings. The molecule has 0 aromatic heterocycles. The molecule has 0 bridgehead atoms. The lowest BCUT2D eigenvalue weighted by molar-refractivity contribution is -0.123. The van der Waals surface area contributed by atoms with E-state index in [0.29, 0.717) is 23.0 Å². The van der Waals surface area contributed by atoms with Gasteiger partial charge in [0.2, 0.25) is 0 Å². The third-order valence-electron chi connectivity index (χ3n) is 4.05. The predicted molar refractivity (Wildman–Crippen MR) is 110 cm³/mol. The Hall–Kier alpha value is -3.02. The summed E-state index contributed by atoms with van der Waals surface area (Å²) in [6, 6.07) is 12.7. The molecule has 0 aliphatic carbocycles. The fraction of sp³-hybridized carbons (Fsp3) is 0.364.